The summed E-state index contributed by atoms with van der Waals surface area (Å²) in [6.07, 6.45) is 1.18. The number of hydrogen-bond acceptors (Lipinski definition) is 2. The molecule has 0 saturated heterocycles. The third-order valence-corrected chi connectivity index (χ3v) is 3.14. The quantitative estimate of drug-likeness (QED) is 0.811. The Hall–Kier alpha value is -1.98. The van der Waals surface area contributed by atoms with Crippen LogP contribution in [-0.2, 0) is 12.7 Å². The number of rotatable bonds is 6. The average molecular weight is 297 g/mol. The zero-order valence-corrected chi connectivity index (χ0v) is 11.8. The van der Waals surface area contributed by atoms with Crippen molar-refractivity contribution in [3.63, 3.8) is 0 Å². The first kappa shape index (κ1) is 15.4. The molecule has 0 amide bonds. The van der Waals surface area contributed by atoms with Gasteiger partial charge in [0, 0.05) is 18.9 Å². The molecule has 0 spiro atoms. The molecule has 0 aliphatic heterocycles. The molecule has 2 rings (SSSR count). The van der Waals surface area contributed by atoms with E-state index in [1.54, 1.807) is 18.5 Å². The molecular formula is C15H18F3N3. The minimum absolute atomic E-state index is 0.360. The Morgan fingerprint density at radius 2 is 2.10 bits per heavy atom. The van der Waals surface area contributed by atoms with E-state index in [0.717, 1.165) is 25.5 Å². The number of nitrogens with one attached hydrogen (secondary N) is 1. The molecule has 0 radical (unpaired) electrons. The van der Waals surface area contributed by atoms with Crippen molar-refractivity contribution in [2.75, 3.05) is 11.9 Å². The lowest BCUT2D eigenvalue weighted by Crippen LogP contribution is -2.10. The van der Waals surface area contributed by atoms with E-state index in [1.165, 1.54) is 12.1 Å². The molecule has 0 aliphatic carbocycles. The molecular weight excluding hydrogens is 279 g/mol. The zero-order chi connectivity index (χ0) is 15.3. The summed E-state index contributed by atoms with van der Waals surface area (Å²) in [6.45, 7) is 3.26. The lowest BCUT2D eigenvalue weighted by molar-refractivity contribution is -0.137. The molecule has 0 saturated carbocycles. The number of nitrogens with zero attached hydrogens (tertiary/aromatic N) is 2. The number of anilines is 1. The number of hydrogen-bond donors (Lipinski definition) is 1. The number of alkyl halides is 3. The van der Waals surface area contributed by atoms with Gasteiger partial charge in [0.05, 0.1) is 12.1 Å². The Balaban J connectivity index is 2.10. The van der Waals surface area contributed by atoms with Gasteiger partial charge >= 0.3 is 6.18 Å². The molecule has 0 unspecified atom stereocenters. The molecule has 3 nitrogen and oxygen atoms in total. The number of aromatic nitrogens is 2. The van der Waals surface area contributed by atoms with E-state index in [2.05, 4.69) is 17.2 Å². The van der Waals surface area contributed by atoms with Gasteiger partial charge in [-0.1, -0.05) is 25.5 Å². The van der Waals surface area contributed by atoms with Crippen LogP contribution < -0.4 is 5.32 Å². The summed E-state index contributed by atoms with van der Waals surface area (Å²) in [4.78, 5) is 4.18. The van der Waals surface area contributed by atoms with Gasteiger partial charge in [0.15, 0.2) is 0 Å². The second-order valence-electron chi connectivity index (χ2n) is 4.86. The highest BCUT2D eigenvalue weighted by molar-refractivity contribution is 5.30. The van der Waals surface area contributed by atoms with Crippen LogP contribution in [0.5, 0.6) is 0 Å². The van der Waals surface area contributed by atoms with E-state index >= 15 is 0 Å². The summed E-state index contributed by atoms with van der Waals surface area (Å²) in [6, 6.07) is 5.37. The minimum atomic E-state index is -4.31. The van der Waals surface area contributed by atoms with Crippen molar-refractivity contribution in [1.82, 2.24) is 9.55 Å². The molecule has 114 valence electrons. The summed E-state index contributed by atoms with van der Waals surface area (Å²) in [5.74, 6) is 0.681. The first-order chi connectivity index (χ1) is 10.0. The van der Waals surface area contributed by atoms with E-state index in [1.807, 2.05) is 4.57 Å². The van der Waals surface area contributed by atoms with Gasteiger partial charge in [0.25, 0.3) is 0 Å². The van der Waals surface area contributed by atoms with Crippen LogP contribution in [0.3, 0.4) is 0 Å². The Bertz CT molecular complexity index is 576. The van der Waals surface area contributed by atoms with E-state index in [4.69, 9.17) is 0 Å². The van der Waals surface area contributed by atoms with Gasteiger partial charge in [0.2, 0.25) is 5.95 Å². The minimum Gasteiger partial charge on any atom is -0.356 e. The van der Waals surface area contributed by atoms with E-state index in [-0.39, 0.29) is 0 Å². The Labute approximate surface area is 121 Å². The predicted molar refractivity (Wildman–Crippen MR) is 76.2 cm³/mol. The van der Waals surface area contributed by atoms with Crippen LogP contribution in [0.1, 0.15) is 30.9 Å². The third-order valence-electron chi connectivity index (χ3n) is 3.14. The number of imidazole rings is 1. The monoisotopic (exact) mass is 297 g/mol. The lowest BCUT2D eigenvalue weighted by Gasteiger charge is -2.12. The van der Waals surface area contributed by atoms with Crippen molar-refractivity contribution >= 4 is 5.95 Å². The highest BCUT2D eigenvalue weighted by Crippen LogP contribution is 2.29. The smallest absolute Gasteiger partial charge is 0.356 e. The number of halogens is 3. The maximum absolute atomic E-state index is 12.7. The SMILES string of the molecule is CCCCNc1nccn1Cc1cccc(C(F)(F)F)c1. The van der Waals surface area contributed by atoms with Crippen molar-refractivity contribution < 1.29 is 13.2 Å². The molecule has 0 bridgehead atoms. The molecule has 1 N–H and O–H groups in total. The molecule has 2 aromatic rings. The third kappa shape index (κ3) is 4.24. The van der Waals surface area contributed by atoms with Crippen molar-refractivity contribution in [2.45, 2.75) is 32.5 Å². The predicted octanol–water partition coefficient (Wildman–Crippen LogP) is 4.16. The van der Waals surface area contributed by atoms with Crippen LogP contribution in [0.15, 0.2) is 36.7 Å². The van der Waals surface area contributed by atoms with E-state index < -0.39 is 11.7 Å². The van der Waals surface area contributed by atoms with Gasteiger partial charge in [-0.2, -0.15) is 13.2 Å². The fourth-order valence-corrected chi connectivity index (χ4v) is 2.02. The van der Waals surface area contributed by atoms with Crippen LogP contribution in [-0.4, -0.2) is 16.1 Å². The summed E-state index contributed by atoms with van der Waals surface area (Å²) in [7, 11) is 0. The molecule has 21 heavy (non-hydrogen) atoms. The number of unbranched alkanes of at least 4 members (excludes halogenated alkanes) is 1. The maximum Gasteiger partial charge on any atom is 0.416 e. The molecule has 1 aromatic heterocycles. The van der Waals surface area contributed by atoms with Crippen LogP contribution in [0.25, 0.3) is 0 Å². The summed E-state index contributed by atoms with van der Waals surface area (Å²) >= 11 is 0. The van der Waals surface area contributed by atoms with Crippen molar-refractivity contribution in [3.05, 3.63) is 47.8 Å². The van der Waals surface area contributed by atoms with E-state index in [0.29, 0.717) is 18.1 Å². The topological polar surface area (TPSA) is 29.9 Å². The zero-order valence-electron chi connectivity index (χ0n) is 11.8. The molecule has 0 fully saturated rings. The molecule has 0 atom stereocenters. The fourth-order valence-electron chi connectivity index (χ4n) is 2.02. The van der Waals surface area contributed by atoms with Crippen LogP contribution >= 0.6 is 0 Å². The highest BCUT2D eigenvalue weighted by Gasteiger charge is 2.30. The van der Waals surface area contributed by atoms with Gasteiger partial charge < -0.3 is 9.88 Å². The maximum atomic E-state index is 12.7. The Kier molecular flexibility index (Phi) is 4.88. The number of benzene rings is 1. The van der Waals surface area contributed by atoms with Crippen LogP contribution in [0, 0.1) is 0 Å². The summed E-state index contributed by atoms with van der Waals surface area (Å²) in [5, 5.41) is 3.19. The second-order valence-corrected chi connectivity index (χ2v) is 4.86. The second kappa shape index (κ2) is 6.65. The standard InChI is InChI=1S/C15H18F3N3/c1-2-3-7-19-14-20-8-9-21(14)11-12-5-4-6-13(10-12)15(16,17)18/h4-6,8-10H,2-3,7,11H2,1H3,(H,19,20). The van der Waals surface area contributed by atoms with Crippen molar-refractivity contribution in [1.29, 1.82) is 0 Å². The Morgan fingerprint density at radius 1 is 1.29 bits per heavy atom. The van der Waals surface area contributed by atoms with E-state index in [9.17, 15) is 13.2 Å². The van der Waals surface area contributed by atoms with Crippen molar-refractivity contribution in [3.8, 4) is 0 Å². The van der Waals surface area contributed by atoms with Gasteiger partial charge in [0.1, 0.15) is 0 Å². The molecule has 1 heterocycles. The van der Waals surface area contributed by atoms with Crippen LogP contribution in [0.4, 0.5) is 19.1 Å². The van der Waals surface area contributed by atoms with Gasteiger partial charge in [-0.15, -0.1) is 0 Å². The lowest BCUT2D eigenvalue weighted by atomic mass is 10.1. The first-order valence-corrected chi connectivity index (χ1v) is 6.92. The molecule has 1 aromatic carbocycles. The largest absolute Gasteiger partial charge is 0.416 e. The highest BCUT2D eigenvalue weighted by atomic mass is 19.4. The summed E-state index contributed by atoms with van der Waals surface area (Å²) < 4.78 is 39.9. The van der Waals surface area contributed by atoms with Crippen LogP contribution in [0.2, 0.25) is 0 Å². The fraction of sp³-hybridized carbons (Fsp3) is 0.400. The van der Waals surface area contributed by atoms with Gasteiger partial charge in [-0.05, 0) is 24.1 Å². The Morgan fingerprint density at radius 3 is 2.81 bits per heavy atom. The first-order valence-electron chi connectivity index (χ1n) is 6.92. The normalized spacial score (nSPS) is 11.6. The molecule has 0 aliphatic rings. The van der Waals surface area contributed by atoms with Crippen molar-refractivity contribution in [2.24, 2.45) is 0 Å². The molecule has 6 heteroatoms. The summed E-state index contributed by atoms with van der Waals surface area (Å²) in [5.41, 5.74) is -0.0260. The average Bonchev–Trinajstić information content (AvgIpc) is 2.86. The van der Waals surface area contributed by atoms with Gasteiger partial charge in [-0.25, -0.2) is 4.98 Å². The van der Waals surface area contributed by atoms with Gasteiger partial charge in [-0.3, -0.25) is 0 Å².